The van der Waals surface area contributed by atoms with Crippen molar-refractivity contribution >= 4 is 23.6 Å². The Morgan fingerprint density at radius 1 is 0.538 bits per heavy atom. The highest BCUT2D eigenvalue weighted by atomic mass is 16.2. The molecule has 0 aromatic carbocycles. The summed E-state index contributed by atoms with van der Waals surface area (Å²) in [7, 11) is 0. The van der Waals surface area contributed by atoms with E-state index < -0.39 is 11.8 Å². The average Bonchev–Trinajstić information content (AvgIpc) is 2.69. The fraction of sp³-hybridized carbons (Fsp3) is 0.778. The highest BCUT2D eigenvalue weighted by molar-refractivity contribution is 5.87. The van der Waals surface area contributed by atoms with E-state index in [1.807, 2.05) is 0 Å². The molecule has 0 radical (unpaired) electrons. The first-order valence-corrected chi connectivity index (χ1v) is 9.73. The van der Waals surface area contributed by atoms with E-state index in [-0.39, 0.29) is 36.5 Å². The molecule has 2 aliphatic rings. The van der Waals surface area contributed by atoms with Gasteiger partial charge in [0.2, 0.25) is 23.6 Å². The third-order valence-electron chi connectivity index (χ3n) is 5.18. The van der Waals surface area contributed by atoms with Crippen molar-refractivity contribution in [2.24, 2.45) is 11.8 Å². The summed E-state index contributed by atoms with van der Waals surface area (Å²) in [4.78, 5) is 47.3. The van der Waals surface area contributed by atoms with E-state index in [0.29, 0.717) is 0 Å². The molecular formula is C18H30N4O4. The van der Waals surface area contributed by atoms with Crippen LogP contribution in [0, 0.1) is 11.8 Å². The van der Waals surface area contributed by atoms with Crippen LogP contribution in [0.25, 0.3) is 0 Å². The molecule has 0 saturated heterocycles. The van der Waals surface area contributed by atoms with Gasteiger partial charge in [-0.3, -0.25) is 40.9 Å². The average molecular weight is 366 g/mol. The Bertz CT molecular complexity index is 465. The lowest BCUT2D eigenvalue weighted by molar-refractivity contribution is -0.134. The second kappa shape index (κ2) is 10.8. The molecule has 8 nitrogen and oxygen atoms in total. The predicted octanol–water partition coefficient (Wildman–Crippen LogP) is 1.22. The van der Waals surface area contributed by atoms with Gasteiger partial charge in [0.05, 0.1) is 0 Å². The normalized spacial score (nSPS) is 18.6. The Hall–Kier alpha value is -2.12. The Morgan fingerprint density at radius 3 is 1.23 bits per heavy atom. The molecule has 2 rings (SSSR count). The number of hydrazine groups is 2. The maximum atomic E-state index is 11.9. The van der Waals surface area contributed by atoms with E-state index in [2.05, 4.69) is 21.7 Å². The molecule has 8 heteroatoms. The molecule has 0 bridgehead atoms. The van der Waals surface area contributed by atoms with Gasteiger partial charge in [-0.05, 0) is 25.7 Å². The van der Waals surface area contributed by atoms with Crippen LogP contribution in [0.5, 0.6) is 0 Å². The summed E-state index contributed by atoms with van der Waals surface area (Å²) in [6.07, 6.45) is 9.76. The number of hydrogen-bond donors (Lipinski definition) is 4. The predicted molar refractivity (Wildman–Crippen MR) is 95.0 cm³/mol. The van der Waals surface area contributed by atoms with E-state index in [1.54, 1.807) is 0 Å². The van der Waals surface area contributed by atoms with Gasteiger partial charge in [0.25, 0.3) is 0 Å². The Balaban J connectivity index is 1.55. The number of rotatable bonds is 5. The van der Waals surface area contributed by atoms with Gasteiger partial charge in [0, 0.05) is 24.7 Å². The maximum absolute atomic E-state index is 11.9. The summed E-state index contributed by atoms with van der Waals surface area (Å²) >= 11 is 0. The molecule has 0 unspecified atom stereocenters. The molecule has 0 spiro atoms. The molecular weight excluding hydrogens is 336 g/mol. The van der Waals surface area contributed by atoms with E-state index in [9.17, 15) is 19.2 Å². The van der Waals surface area contributed by atoms with Crippen LogP contribution in [0.2, 0.25) is 0 Å². The van der Waals surface area contributed by atoms with Gasteiger partial charge < -0.3 is 0 Å². The van der Waals surface area contributed by atoms with Gasteiger partial charge in [0.1, 0.15) is 0 Å². The maximum Gasteiger partial charge on any atom is 0.241 e. The van der Waals surface area contributed by atoms with Crippen molar-refractivity contribution in [1.29, 1.82) is 0 Å². The molecule has 4 N–H and O–H groups in total. The van der Waals surface area contributed by atoms with Crippen LogP contribution >= 0.6 is 0 Å². The van der Waals surface area contributed by atoms with Gasteiger partial charge in [-0.1, -0.05) is 38.5 Å². The lowest BCUT2D eigenvalue weighted by atomic mass is 9.89. The first kappa shape index (κ1) is 20.2. The van der Waals surface area contributed by atoms with Gasteiger partial charge in [-0.15, -0.1) is 0 Å². The number of nitrogens with one attached hydrogen (secondary N) is 4. The summed E-state index contributed by atoms with van der Waals surface area (Å²) in [5, 5.41) is 0. The van der Waals surface area contributed by atoms with Crippen molar-refractivity contribution in [1.82, 2.24) is 21.7 Å². The van der Waals surface area contributed by atoms with Crippen molar-refractivity contribution < 1.29 is 19.2 Å². The molecule has 2 saturated carbocycles. The summed E-state index contributed by atoms with van der Waals surface area (Å²) in [6.45, 7) is 0. The summed E-state index contributed by atoms with van der Waals surface area (Å²) in [6, 6.07) is 0. The number of carbonyl (C=O) groups is 4. The molecule has 0 aromatic heterocycles. The molecule has 0 aliphatic heterocycles. The van der Waals surface area contributed by atoms with Gasteiger partial charge in [-0.25, -0.2) is 0 Å². The second-order valence-electron chi connectivity index (χ2n) is 7.24. The van der Waals surface area contributed by atoms with Gasteiger partial charge >= 0.3 is 0 Å². The quantitative estimate of drug-likeness (QED) is 0.547. The number of carbonyl (C=O) groups excluding carboxylic acids is 4. The zero-order valence-electron chi connectivity index (χ0n) is 15.3. The molecule has 26 heavy (non-hydrogen) atoms. The van der Waals surface area contributed by atoms with Crippen LogP contribution in [0.4, 0.5) is 0 Å². The minimum absolute atomic E-state index is 0.0395. The second-order valence-corrected chi connectivity index (χ2v) is 7.24. The van der Waals surface area contributed by atoms with Crippen molar-refractivity contribution in [3.8, 4) is 0 Å². The van der Waals surface area contributed by atoms with Crippen LogP contribution in [-0.4, -0.2) is 23.6 Å². The van der Waals surface area contributed by atoms with E-state index in [1.165, 1.54) is 0 Å². The molecule has 0 atom stereocenters. The smallest absolute Gasteiger partial charge is 0.241 e. The summed E-state index contributed by atoms with van der Waals surface area (Å²) < 4.78 is 0. The van der Waals surface area contributed by atoms with E-state index in [0.717, 1.165) is 64.2 Å². The molecule has 2 fully saturated rings. The fourth-order valence-electron chi connectivity index (χ4n) is 3.55. The minimum atomic E-state index is -0.428. The van der Waals surface area contributed by atoms with Crippen molar-refractivity contribution in [2.75, 3.05) is 0 Å². The topological polar surface area (TPSA) is 116 Å². The molecule has 146 valence electrons. The highest BCUT2D eigenvalue weighted by Gasteiger charge is 2.22. The van der Waals surface area contributed by atoms with Crippen LogP contribution in [-0.2, 0) is 19.2 Å². The zero-order chi connectivity index (χ0) is 18.8. The van der Waals surface area contributed by atoms with Crippen molar-refractivity contribution in [2.45, 2.75) is 77.0 Å². The third-order valence-corrected chi connectivity index (χ3v) is 5.18. The first-order valence-electron chi connectivity index (χ1n) is 9.73. The molecule has 0 heterocycles. The third kappa shape index (κ3) is 7.01. The van der Waals surface area contributed by atoms with Crippen molar-refractivity contribution in [3.63, 3.8) is 0 Å². The number of hydrogen-bond acceptors (Lipinski definition) is 4. The Kier molecular flexibility index (Phi) is 8.37. The molecule has 4 amide bonds. The van der Waals surface area contributed by atoms with Crippen LogP contribution in [0.3, 0.4) is 0 Å². The zero-order valence-corrected chi connectivity index (χ0v) is 15.3. The fourth-order valence-corrected chi connectivity index (χ4v) is 3.55. The van der Waals surface area contributed by atoms with E-state index >= 15 is 0 Å². The largest absolute Gasteiger partial charge is 0.273 e. The highest BCUT2D eigenvalue weighted by Crippen LogP contribution is 2.24. The lowest BCUT2D eigenvalue weighted by Crippen LogP contribution is -2.46. The SMILES string of the molecule is O=C(CCC(=O)NNC(=O)C1CCCCC1)NNC(=O)C1CCCCC1. The van der Waals surface area contributed by atoms with Crippen molar-refractivity contribution in [3.05, 3.63) is 0 Å². The number of amides is 4. The molecule has 0 aromatic rings. The Morgan fingerprint density at radius 2 is 0.885 bits per heavy atom. The van der Waals surface area contributed by atoms with Crippen LogP contribution in [0.15, 0.2) is 0 Å². The van der Waals surface area contributed by atoms with Crippen LogP contribution in [0.1, 0.15) is 77.0 Å². The minimum Gasteiger partial charge on any atom is -0.273 e. The monoisotopic (exact) mass is 366 g/mol. The van der Waals surface area contributed by atoms with E-state index in [4.69, 9.17) is 0 Å². The summed E-state index contributed by atoms with van der Waals surface area (Å²) in [5.41, 5.74) is 9.55. The Labute approximate surface area is 154 Å². The van der Waals surface area contributed by atoms with Gasteiger partial charge in [-0.2, -0.15) is 0 Å². The standard InChI is InChI=1S/C18H30N4O4/c23-15(19-21-17(25)13-7-3-1-4-8-13)11-12-16(24)20-22-18(26)14-9-5-2-6-10-14/h13-14H,1-12H2,(H,19,23)(H,20,24)(H,21,25)(H,22,26). The summed E-state index contributed by atoms with van der Waals surface area (Å²) in [5.74, 6) is -1.26. The van der Waals surface area contributed by atoms with Crippen LogP contribution < -0.4 is 21.7 Å². The first-order chi connectivity index (χ1) is 12.6. The van der Waals surface area contributed by atoms with Gasteiger partial charge in [0.15, 0.2) is 0 Å². The molecule has 2 aliphatic carbocycles. The lowest BCUT2D eigenvalue weighted by Gasteiger charge is -2.21.